The second kappa shape index (κ2) is 8.90. The second-order valence-electron chi connectivity index (χ2n) is 7.45. The molecule has 176 valence electrons. The number of phenolic OH excluding ortho intramolecular Hbond substituents is 2. The van der Waals surface area contributed by atoms with E-state index in [-0.39, 0.29) is 5.56 Å². The summed E-state index contributed by atoms with van der Waals surface area (Å²) in [6, 6.07) is 13.9. The van der Waals surface area contributed by atoms with E-state index < -0.39 is 67.3 Å². The molecule has 35 heavy (non-hydrogen) atoms. The maximum absolute atomic E-state index is 14.8. The minimum Gasteiger partial charge on any atom is -0.504 e. The van der Waals surface area contributed by atoms with Gasteiger partial charge in [-0.2, -0.15) is 4.39 Å². The lowest BCUT2D eigenvalue weighted by Gasteiger charge is -2.15. The van der Waals surface area contributed by atoms with Gasteiger partial charge in [-0.25, -0.2) is 9.59 Å². The van der Waals surface area contributed by atoms with Crippen LogP contribution < -0.4 is 0 Å². The number of carbonyl (C=O) groups excluding carboxylic acids is 1. The molecule has 0 spiro atoms. The van der Waals surface area contributed by atoms with E-state index in [1.807, 2.05) is 12.1 Å². The molecule has 4 aromatic rings. The van der Waals surface area contributed by atoms with Gasteiger partial charge in [-0.15, -0.1) is 0 Å². The molecule has 4 rings (SSSR count). The first-order valence-corrected chi connectivity index (χ1v) is 10.5. The molecule has 0 saturated heterocycles. The predicted octanol–water partition coefficient (Wildman–Crippen LogP) is 5.99. The molecular formula is C25H13Cl2FO7. The third-order valence-corrected chi connectivity index (χ3v) is 6.10. The van der Waals surface area contributed by atoms with Crippen molar-refractivity contribution in [3.63, 3.8) is 0 Å². The standard InChI is InChI=1S/C25H13Cl2FO7/c26-16-9-14(24(32)33)19(27)18(25(34)35)17(16)21(29)15-8-13(22(30)20(28)23(15)31)12-6-5-10-3-1-2-4-11(10)7-12/h1-9,30-31H,(H,32,33)(H,34,35). The average Bonchev–Trinajstić information content (AvgIpc) is 2.82. The number of benzene rings is 4. The maximum Gasteiger partial charge on any atom is 0.338 e. The Balaban J connectivity index is 1.97. The third kappa shape index (κ3) is 4.03. The molecule has 0 amide bonds. The summed E-state index contributed by atoms with van der Waals surface area (Å²) in [5.74, 6) is -8.29. The number of phenols is 2. The van der Waals surface area contributed by atoms with Crippen LogP contribution in [0.4, 0.5) is 4.39 Å². The minimum absolute atomic E-state index is 0.157. The zero-order valence-electron chi connectivity index (χ0n) is 17.3. The molecule has 0 saturated carbocycles. The highest BCUT2D eigenvalue weighted by atomic mass is 35.5. The maximum atomic E-state index is 14.8. The van der Waals surface area contributed by atoms with Crippen molar-refractivity contribution in [3.05, 3.63) is 92.7 Å². The molecule has 0 aliphatic heterocycles. The fourth-order valence-electron chi connectivity index (χ4n) is 3.72. The lowest BCUT2D eigenvalue weighted by atomic mass is 9.92. The summed E-state index contributed by atoms with van der Waals surface area (Å²) < 4.78 is 14.8. The number of aromatic carboxylic acids is 2. The van der Waals surface area contributed by atoms with Crippen molar-refractivity contribution >= 4 is 51.7 Å². The summed E-state index contributed by atoms with van der Waals surface area (Å²) in [6.45, 7) is 0. The Morgan fingerprint density at radius 1 is 0.743 bits per heavy atom. The van der Waals surface area contributed by atoms with Gasteiger partial charge >= 0.3 is 11.9 Å². The van der Waals surface area contributed by atoms with Gasteiger partial charge in [-0.3, -0.25) is 4.79 Å². The highest BCUT2D eigenvalue weighted by molar-refractivity contribution is 6.41. The number of hydrogen-bond acceptors (Lipinski definition) is 5. The first-order chi connectivity index (χ1) is 16.5. The molecule has 0 heterocycles. The first kappa shape index (κ1) is 24.0. The van der Waals surface area contributed by atoms with Gasteiger partial charge in [-0.05, 0) is 34.5 Å². The molecule has 0 radical (unpaired) electrons. The van der Waals surface area contributed by atoms with Crippen LogP contribution in [-0.2, 0) is 0 Å². The van der Waals surface area contributed by atoms with Crippen molar-refractivity contribution in [2.75, 3.05) is 0 Å². The Labute approximate surface area is 206 Å². The van der Waals surface area contributed by atoms with Crippen molar-refractivity contribution in [2.45, 2.75) is 0 Å². The van der Waals surface area contributed by atoms with E-state index in [0.717, 1.165) is 22.9 Å². The number of ketones is 1. The van der Waals surface area contributed by atoms with Gasteiger partial charge < -0.3 is 20.4 Å². The highest BCUT2D eigenvalue weighted by Crippen LogP contribution is 2.41. The first-order valence-electron chi connectivity index (χ1n) is 9.79. The van der Waals surface area contributed by atoms with E-state index in [1.165, 1.54) is 0 Å². The number of fused-ring (bicyclic) bond motifs is 1. The highest BCUT2D eigenvalue weighted by Gasteiger charge is 2.31. The number of carboxylic acid groups (broad SMARTS) is 2. The summed E-state index contributed by atoms with van der Waals surface area (Å²) in [5.41, 5.74) is -2.91. The Bertz CT molecular complexity index is 1580. The van der Waals surface area contributed by atoms with E-state index in [1.54, 1.807) is 30.3 Å². The van der Waals surface area contributed by atoms with Crippen LogP contribution in [0.25, 0.3) is 21.9 Å². The van der Waals surface area contributed by atoms with Gasteiger partial charge in [0.05, 0.1) is 32.3 Å². The summed E-state index contributed by atoms with van der Waals surface area (Å²) in [4.78, 5) is 36.6. The zero-order chi connectivity index (χ0) is 25.6. The molecular weight excluding hydrogens is 502 g/mol. The Morgan fingerprint density at radius 2 is 1.40 bits per heavy atom. The van der Waals surface area contributed by atoms with E-state index in [2.05, 4.69) is 0 Å². The van der Waals surface area contributed by atoms with Gasteiger partial charge in [0.2, 0.25) is 5.82 Å². The third-order valence-electron chi connectivity index (χ3n) is 5.41. The summed E-state index contributed by atoms with van der Waals surface area (Å²) >= 11 is 12.0. The van der Waals surface area contributed by atoms with Crippen LogP contribution in [-0.4, -0.2) is 38.1 Å². The van der Waals surface area contributed by atoms with E-state index >= 15 is 0 Å². The fraction of sp³-hybridized carbons (Fsp3) is 0. The molecule has 0 atom stereocenters. The zero-order valence-corrected chi connectivity index (χ0v) is 18.9. The number of carbonyl (C=O) groups is 3. The van der Waals surface area contributed by atoms with Crippen LogP contribution in [0, 0.1) is 5.82 Å². The predicted molar refractivity (Wildman–Crippen MR) is 126 cm³/mol. The molecule has 0 aromatic heterocycles. The molecule has 0 bridgehead atoms. The number of carboxylic acids is 2. The van der Waals surface area contributed by atoms with Crippen LogP contribution in [0.3, 0.4) is 0 Å². The van der Waals surface area contributed by atoms with Crippen LogP contribution in [0.15, 0.2) is 54.6 Å². The quantitative estimate of drug-likeness (QED) is 0.240. The van der Waals surface area contributed by atoms with E-state index in [4.69, 9.17) is 23.2 Å². The van der Waals surface area contributed by atoms with Crippen LogP contribution in [0.5, 0.6) is 11.5 Å². The van der Waals surface area contributed by atoms with Crippen molar-refractivity contribution in [1.82, 2.24) is 0 Å². The monoisotopic (exact) mass is 514 g/mol. The lowest BCUT2D eigenvalue weighted by molar-refractivity contribution is 0.0693. The number of rotatable bonds is 5. The van der Waals surface area contributed by atoms with Crippen LogP contribution in [0.1, 0.15) is 36.6 Å². The Hall–Kier alpha value is -4.14. The molecule has 7 nitrogen and oxygen atoms in total. The molecule has 0 aliphatic rings. The molecule has 0 fully saturated rings. The van der Waals surface area contributed by atoms with Crippen molar-refractivity contribution in [3.8, 4) is 22.6 Å². The Kier molecular flexibility index (Phi) is 6.10. The SMILES string of the molecule is O=C(O)c1cc(Cl)c(C(=O)c2cc(-c3ccc4ccccc4c3)c(O)c(F)c2O)c(C(=O)O)c1Cl. The number of aromatic hydroxyl groups is 2. The van der Waals surface area contributed by atoms with Crippen molar-refractivity contribution < 1.29 is 39.2 Å². The van der Waals surface area contributed by atoms with Gasteiger partial charge in [0.15, 0.2) is 17.3 Å². The number of hydrogen-bond donors (Lipinski definition) is 4. The summed E-state index contributed by atoms with van der Waals surface area (Å²) in [7, 11) is 0. The summed E-state index contributed by atoms with van der Waals surface area (Å²) in [5, 5.41) is 39.8. The molecule has 0 aliphatic carbocycles. The van der Waals surface area contributed by atoms with E-state index in [9.17, 15) is 39.2 Å². The van der Waals surface area contributed by atoms with Gasteiger partial charge in [0, 0.05) is 5.56 Å². The second-order valence-corrected chi connectivity index (χ2v) is 8.24. The smallest absolute Gasteiger partial charge is 0.338 e. The topological polar surface area (TPSA) is 132 Å². The van der Waals surface area contributed by atoms with Gasteiger partial charge in [0.25, 0.3) is 0 Å². The lowest BCUT2D eigenvalue weighted by Crippen LogP contribution is -2.15. The summed E-state index contributed by atoms with van der Waals surface area (Å²) in [6.07, 6.45) is 0. The van der Waals surface area contributed by atoms with Gasteiger partial charge in [-0.1, -0.05) is 59.6 Å². The largest absolute Gasteiger partial charge is 0.504 e. The fourth-order valence-corrected chi connectivity index (χ4v) is 4.32. The average molecular weight is 515 g/mol. The number of halogens is 3. The van der Waals surface area contributed by atoms with Gasteiger partial charge in [0.1, 0.15) is 0 Å². The van der Waals surface area contributed by atoms with Crippen molar-refractivity contribution in [2.24, 2.45) is 0 Å². The van der Waals surface area contributed by atoms with Crippen LogP contribution >= 0.6 is 23.2 Å². The van der Waals surface area contributed by atoms with Crippen molar-refractivity contribution in [1.29, 1.82) is 0 Å². The molecule has 4 N–H and O–H groups in total. The molecule has 10 heteroatoms. The minimum atomic E-state index is -1.77. The van der Waals surface area contributed by atoms with E-state index in [0.29, 0.717) is 5.56 Å². The normalized spacial score (nSPS) is 10.9. The molecule has 0 unspecified atom stereocenters. The Morgan fingerprint density at radius 3 is 2.03 bits per heavy atom. The molecule has 4 aromatic carbocycles. The van der Waals surface area contributed by atoms with Crippen LogP contribution in [0.2, 0.25) is 10.0 Å².